The summed E-state index contributed by atoms with van der Waals surface area (Å²) in [6.45, 7) is 1.83. The lowest BCUT2D eigenvalue weighted by atomic mass is 9.98. The van der Waals surface area contributed by atoms with E-state index in [4.69, 9.17) is 9.84 Å². The summed E-state index contributed by atoms with van der Waals surface area (Å²) in [6.07, 6.45) is 0.927. The molecule has 1 N–H and O–H groups in total. The molecule has 2 rings (SSSR count). The number of aryl methyl sites for hydroxylation is 2. The van der Waals surface area contributed by atoms with Gasteiger partial charge in [-0.25, -0.2) is 9.18 Å². The van der Waals surface area contributed by atoms with Crippen molar-refractivity contribution < 1.29 is 19.0 Å². The Balaban J connectivity index is 1.90. The number of carbonyl (C=O) groups excluding carboxylic acids is 1. The fourth-order valence-corrected chi connectivity index (χ4v) is 2.61. The lowest BCUT2D eigenvalue weighted by molar-refractivity contribution is 0.108. The smallest absolute Gasteiger partial charge is 0.412 e. The van der Waals surface area contributed by atoms with E-state index in [0.29, 0.717) is 13.0 Å². The molecule has 1 saturated heterocycles. The molecule has 21 heavy (non-hydrogen) atoms. The van der Waals surface area contributed by atoms with Crippen molar-refractivity contribution >= 4 is 6.09 Å². The second-order valence-electron chi connectivity index (χ2n) is 5.37. The maximum absolute atomic E-state index is 13.2. The lowest BCUT2D eigenvalue weighted by Gasteiger charge is -2.14. The molecule has 1 aromatic rings. The highest BCUT2D eigenvalue weighted by Crippen LogP contribution is 2.21. The van der Waals surface area contributed by atoms with Gasteiger partial charge in [-0.3, -0.25) is 4.90 Å². The van der Waals surface area contributed by atoms with Gasteiger partial charge in [0, 0.05) is 6.61 Å². The summed E-state index contributed by atoms with van der Waals surface area (Å²) in [4.78, 5) is 12.6. The molecule has 0 spiro atoms. The van der Waals surface area contributed by atoms with Crippen LogP contribution < -0.4 is 0 Å². The predicted molar refractivity (Wildman–Crippen MR) is 77.7 cm³/mol. The number of amides is 1. The zero-order valence-electron chi connectivity index (χ0n) is 12.3. The molecular weight excluding hydrogens is 273 g/mol. The molecule has 0 aromatic heterocycles. The Bertz CT molecular complexity index is 478. The van der Waals surface area contributed by atoms with E-state index in [0.717, 1.165) is 24.2 Å². The zero-order valence-corrected chi connectivity index (χ0v) is 12.3. The van der Waals surface area contributed by atoms with Gasteiger partial charge in [0.05, 0.1) is 6.54 Å². The minimum absolute atomic E-state index is 0.178. The van der Waals surface area contributed by atoms with Crippen LogP contribution in [0.2, 0.25) is 0 Å². The number of aliphatic hydroxyl groups is 1. The van der Waals surface area contributed by atoms with Gasteiger partial charge in [0.15, 0.2) is 6.30 Å². The van der Waals surface area contributed by atoms with Gasteiger partial charge in [0.1, 0.15) is 6.10 Å². The number of benzene rings is 1. The summed E-state index contributed by atoms with van der Waals surface area (Å²) < 4.78 is 18.4. The van der Waals surface area contributed by atoms with E-state index < -0.39 is 12.4 Å². The van der Waals surface area contributed by atoms with Gasteiger partial charge >= 0.3 is 6.09 Å². The number of alkyl halides is 1. The van der Waals surface area contributed by atoms with Crippen LogP contribution in [0.3, 0.4) is 0 Å². The second kappa shape index (κ2) is 7.41. The minimum Gasteiger partial charge on any atom is -0.444 e. The molecule has 1 aromatic carbocycles. The summed E-state index contributed by atoms with van der Waals surface area (Å²) in [7, 11) is 0. The molecule has 5 heteroatoms. The van der Waals surface area contributed by atoms with E-state index in [9.17, 15) is 9.18 Å². The van der Waals surface area contributed by atoms with E-state index in [-0.39, 0.29) is 12.7 Å². The molecule has 1 aliphatic heterocycles. The van der Waals surface area contributed by atoms with E-state index in [1.807, 2.05) is 12.1 Å². The highest BCUT2D eigenvalue weighted by Gasteiger charge is 2.34. The first kappa shape index (κ1) is 15.8. The first-order valence-electron chi connectivity index (χ1n) is 7.40. The fourth-order valence-electron chi connectivity index (χ4n) is 2.61. The maximum atomic E-state index is 13.2. The van der Waals surface area contributed by atoms with Crippen molar-refractivity contribution in [3.05, 3.63) is 35.4 Å². The summed E-state index contributed by atoms with van der Waals surface area (Å²) in [5, 5.41) is 8.93. The second-order valence-corrected chi connectivity index (χ2v) is 5.37. The molecule has 2 atom stereocenters. The SMILES string of the molecule is CC(F)N1CC(CCc2ccccc2CCCO)OC1=O. The number of hydrogen-bond acceptors (Lipinski definition) is 3. The topological polar surface area (TPSA) is 49.8 Å². The quantitative estimate of drug-likeness (QED) is 0.787. The Morgan fingerprint density at radius 3 is 2.62 bits per heavy atom. The number of ether oxygens (including phenoxy) is 1. The number of rotatable bonds is 7. The Kier molecular flexibility index (Phi) is 5.56. The van der Waals surface area contributed by atoms with Gasteiger partial charge in [-0.15, -0.1) is 0 Å². The Labute approximate surface area is 124 Å². The van der Waals surface area contributed by atoms with E-state index >= 15 is 0 Å². The number of carbonyl (C=O) groups is 1. The van der Waals surface area contributed by atoms with Crippen molar-refractivity contribution in [2.24, 2.45) is 0 Å². The number of hydrogen-bond donors (Lipinski definition) is 1. The summed E-state index contributed by atoms with van der Waals surface area (Å²) in [6, 6.07) is 8.08. The van der Waals surface area contributed by atoms with Crippen LogP contribution in [0.15, 0.2) is 24.3 Å². The highest BCUT2D eigenvalue weighted by molar-refractivity contribution is 5.70. The van der Waals surface area contributed by atoms with Gasteiger partial charge in [0.2, 0.25) is 0 Å². The monoisotopic (exact) mass is 295 g/mol. The van der Waals surface area contributed by atoms with Crippen LogP contribution in [0.5, 0.6) is 0 Å². The van der Waals surface area contributed by atoms with Crippen LogP contribution in [0.1, 0.15) is 30.9 Å². The van der Waals surface area contributed by atoms with Crippen molar-refractivity contribution in [1.82, 2.24) is 4.90 Å². The predicted octanol–water partition coefficient (Wildman–Crippen LogP) is 2.68. The van der Waals surface area contributed by atoms with Gasteiger partial charge in [-0.05, 0) is 43.7 Å². The zero-order chi connectivity index (χ0) is 15.2. The van der Waals surface area contributed by atoms with E-state index in [1.165, 1.54) is 18.1 Å². The molecule has 4 nitrogen and oxygen atoms in total. The van der Waals surface area contributed by atoms with Gasteiger partial charge in [-0.2, -0.15) is 0 Å². The first-order chi connectivity index (χ1) is 10.1. The van der Waals surface area contributed by atoms with Crippen LogP contribution in [0, 0.1) is 0 Å². The molecule has 0 radical (unpaired) electrons. The van der Waals surface area contributed by atoms with Crippen molar-refractivity contribution in [3.63, 3.8) is 0 Å². The number of cyclic esters (lactones) is 1. The molecule has 1 aliphatic rings. The van der Waals surface area contributed by atoms with Crippen molar-refractivity contribution in [1.29, 1.82) is 0 Å². The Morgan fingerprint density at radius 2 is 2.05 bits per heavy atom. The minimum atomic E-state index is -1.31. The molecular formula is C16H22FNO3. The van der Waals surface area contributed by atoms with E-state index in [1.54, 1.807) is 0 Å². The average Bonchev–Trinajstić information content (AvgIpc) is 2.85. The summed E-state index contributed by atoms with van der Waals surface area (Å²) >= 11 is 0. The average molecular weight is 295 g/mol. The van der Waals surface area contributed by atoms with Crippen molar-refractivity contribution in [2.75, 3.05) is 13.2 Å². The van der Waals surface area contributed by atoms with Crippen LogP contribution in [-0.4, -0.2) is 41.7 Å². The number of halogens is 1. The third-order valence-corrected chi connectivity index (χ3v) is 3.79. The third kappa shape index (κ3) is 4.17. The summed E-state index contributed by atoms with van der Waals surface area (Å²) in [5.41, 5.74) is 2.42. The van der Waals surface area contributed by atoms with Crippen LogP contribution in [0.4, 0.5) is 9.18 Å². The lowest BCUT2D eigenvalue weighted by Crippen LogP contribution is -2.31. The molecule has 0 bridgehead atoms. The van der Waals surface area contributed by atoms with E-state index in [2.05, 4.69) is 12.1 Å². The number of nitrogens with zero attached hydrogens (tertiary/aromatic N) is 1. The third-order valence-electron chi connectivity index (χ3n) is 3.79. The normalized spacial score (nSPS) is 19.7. The maximum Gasteiger partial charge on any atom is 0.412 e. The molecule has 0 saturated carbocycles. The molecule has 1 fully saturated rings. The van der Waals surface area contributed by atoms with Gasteiger partial charge < -0.3 is 9.84 Å². The highest BCUT2D eigenvalue weighted by atomic mass is 19.1. The molecule has 0 aliphatic carbocycles. The molecule has 1 heterocycles. The van der Waals surface area contributed by atoms with Crippen LogP contribution in [0.25, 0.3) is 0 Å². The van der Waals surface area contributed by atoms with Crippen molar-refractivity contribution in [2.45, 2.75) is 45.0 Å². The Hall–Kier alpha value is -1.62. The van der Waals surface area contributed by atoms with Gasteiger partial charge in [-0.1, -0.05) is 24.3 Å². The molecule has 2 unspecified atom stereocenters. The fraction of sp³-hybridized carbons (Fsp3) is 0.562. The van der Waals surface area contributed by atoms with Crippen LogP contribution >= 0.6 is 0 Å². The Morgan fingerprint density at radius 1 is 1.38 bits per heavy atom. The summed E-state index contributed by atoms with van der Waals surface area (Å²) in [5.74, 6) is 0. The first-order valence-corrected chi connectivity index (χ1v) is 7.40. The number of aliphatic hydroxyl groups excluding tert-OH is 1. The molecule has 116 valence electrons. The van der Waals surface area contributed by atoms with Crippen molar-refractivity contribution in [3.8, 4) is 0 Å². The standard InChI is InChI=1S/C16H22FNO3/c1-12(17)18-11-15(21-16(18)20)9-8-14-6-3-2-5-13(14)7-4-10-19/h2-3,5-6,12,15,19H,4,7-11H2,1H3. The molecule has 1 amide bonds. The largest absolute Gasteiger partial charge is 0.444 e. The van der Waals surface area contributed by atoms with Gasteiger partial charge in [0.25, 0.3) is 0 Å². The van der Waals surface area contributed by atoms with Crippen LogP contribution in [-0.2, 0) is 17.6 Å².